The number of sulfonamides is 1. The highest BCUT2D eigenvalue weighted by atomic mass is 32.2. The first kappa shape index (κ1) is 24.3. The molecule has 0 bridgehead atoms. The summed E-state index contributed by atoms with van der Waals surface area (Å²) in [5.41, 5.74) is 1.91. The molecule has 0 aliphatic rings. The Labute approximate surface area is 194 Å². The minimum absolute atomic E-state index is 0.000142. The number of ether oxygens (including phenoxy) is 2. The van der Waals surface area contributed by atoms with Gasteiger partial charge in [0.1, 0.15) is 18.1 Å². The van der Waals surface area contributed by atoms with Crippen LogP contribution in [-0.2, 0) is 28.0 Å². The molecular weight excluding hydrogens is 440 g/mol. The molecule has 2 N–H and O–H groups in total. The lowest BCUT2D eigenvalue weighted by atomic mass is 10.1. The summed E-state index contributed by atoms with van der Waals surface area (Å²) in [4.78, 5) is 12.4. The van der Waals surface area contributed by atoms with Gasteiger partial charge in [0.05, 0.1) is 11.5 Å². The molecule has 0 fully saturated rings. The maximum Gasteiger partial charge on any atom is 0.240 e. The van der Waals surface area contributed by atoms with Crippen molar-refractivity contribution in [3.63, 3.8) is 0 Å². The van der Waals surface area contributed by atoms with Gasteiger partial charge in [0, 0.05) is 19.5 Å². The summed E-state index contributed by atoms with van der Waals surface area (Å²) in [6.45, 7) is 3.08. The van der Waals surface area contributed by atoms with E-state index >= 15 is 0 Å². The van der Waals surface area contributed by atoms with Crippen LogP contribution in [0.2, 0.25) is 0 Å². The first-order chi connectivity index (χ1) is 16.0. The fourth-order valence-corrected chi connectivity index (χ4v) is 4.13. The van der Waals surface area contributed by atoms with Crippen LogP contribution >= 0.6 is 0 Å². The largest absolute Gasteiger partial charge is 0.494 e. The standard InChI is InChI=1S/C25H28N2O5S/c1-2-31-23-12-14-24(15-13-23)33(29,30)27-17-16-25(28)26-18-20-8-6-7-9-21(20)19-32-22-10-4-3-5-11-22/h3-15,27H,2,16-19H2,1H3,(H,26,28). The number of amides is 1. The second-order valence-electron chi connectivity index (χ2n) is 7.20. The molecule has 33 heavy (non-hydrogen) atoms. The lowest BCUT2D eigenvalue weighted by Gasteiger charge is -2.12. The normalized spacial score (nSPS) is 11.1. The smallest absolute Gasteiger partial charge is 0.240 e. The third-order valence-electron chi connectivity index (χ3n) is 4.82. The molecule has 3 aromatic carbocycles. The van der Waals surface area contributed by atoms with Gasteiger partial charge in [0.15, 0.2) is 0 Å². The van der Waals surface area contributed by atoms with Crippen molar-refractivity contribution in [1.82, 2.24) is 10.0 Å². The SMILES string of the molecule is CCOc1ccc(S(=O)(=O)NCCC(=O)NCc2ccccc2COc2ccccc2)cc1. The highest BCUT2D eigenvalue weighted by Gasteiger charge is 2.14. The molecule has 3 rings (SSSR count). The van der Waals surface area contributed by atoms with Crippen molar-refractivity contribution in [3.8, 4) is 11.5 Å². The van der Waals surface area contributed by atoms with Crippen molar-refractivity contribution in [2.45, 2.75) is 31.4 Å². The summed E-state index contributed by atoms with van der Waals surface area (Å²) in [7, 11) is -3.70. The van der Waals surface area contributed by atoms with E-state index in [-0.39, 0.29) is 23.8 Å². The van der Waals surface area contributed by atoms with Crippen molar-refractivity contribution < 1.29 is 22.7 Å². The van der Waals surface area contributed by atoms with E-state index in [0.29, 0.717) is 25.5 Å². The van der Waals surface area contributed by atoms with Crippen LogP contribution in [0.4, 0.5) is 0 Å². The molecule has 0 radical (unpaired) electrons. The van der Waals surface area contributed by atoms with Gasteiger partial charge in [-0.15, -0.1) is 0 Å². The number of carbonyl (C=O) groups excluding carboxylic acids is 1. The monoisotopic (exact) mass is 468 g/mol. The number of hydrogen-bond donors (Lipinski definition) is 2. The molecule has 1 amide bonds. The number of hydrogen-bond acceptors (Lipinski definition) is 5. The molecule has 0 aliphatic heterocycles. The van der Waals surface area contributed by atoms with Crippen molar-refractivity contribution in [2.24, 2.45) is 0 Å². The maximum absolute atomic E-state index is 12.4. The average molecular weight is 469 g/mol. The number of nitrogens with one attached hydrogen (secondary N) is 2. The summed E-state index contributed by atoms with van der Waals surface area (Å²) in [6.07, 6.45) is 0.0267. The van der Waals surface area contributed by atoms with Gasteiger partial charge in [-0.05, 0) is 54.4 Å². The minimum Gasteiger partial charge on any atom is -0.494 e. The van der Waals surface area contributed by atoms with Crippen molar-refractivity contribution in [3.05, 3.63) is 90.0 Å². The Morgan fingerprint density at radius 1 is 0.818 bits per heavy atom. The lowest BCUT2D eigenvalue weighted by Crippen LogP contribution is -2.30. The van der Waals surface area contributed by atoms with E-state index in [1.807, 2.05) is 61.5 Å². The molecule has 0 aliphatic carbocycles. The third-order valence-corrected chi connectivity index (χ3v) is 6.30. The molecule has 7 nitrogen and oxygen atoms in total. The van der Waals surface area contributed by atoms with Crippen LogP contribution in [0.3, 0.4) is 0 Å². The molecule has 0 spiro atoms. The number of benzene rings is 3. The zero-order chi connectivity index (χ0) is 23.5. The first-order valence-corrected chi connectivity index (χ1v) is 12.2. The van der Waals surface area contributed by atoms with Gasteiger partial charge in [-0.2, -0.15) is 0 Å². The Kier molecular flexibility index (Phi) is 8.86. The molecule has 174 valence electrons. The van der Waals surface area contributed by atoms with Gasteiger partial charge in [-0.25, -0.2) is 13.1 Å². The Bertz CT molecular complexity index is 1130. The predicted octanol–water partition coefficient (Wildman–Crippen LogP) is 3.65. The molecule has 0 heterocycles. The summed E-state index contributed by atoms with van der Waals surface area (Å²) in [5.74, 6) is 1.13. The third kappa shape index (κ3) is 7.62. The average Bonchev–Trinajstić information content (AvgIpc) is 2.83. The lowest BCUT2D eigenvalue weighted by molar-refractivity contribution is -0.121. The zero-order valence-electron chi connectivity index (χ0n) is 18.5. The highest BCUT2D eigenvalue weighted by Crippen LogP contribution is 2.16. The molecule has 0 atom stereocenters. The van der Waals surface area contributed by atoms with Gasteiger partial charge >= 0.3 is 0 Å². The summed E-state index contributed by atoms with van der Waals surface area (Å²) >= 11 is 0. The van der Waals surface area contributed by atoms with E-state index in [2.05, 4.69) is 10.0 Å². The number of para-hydroxylation sites is 1. The van der Waals surface area contributed by atoms with Crippen LogP contribution in [0.25, 0.3) is 0 Å². The minimum atomic E-state index is -3.70. The van der Waals surface area contributed by atoms with E-state index in [9.17, 15) is 13.2 Å². The summed E-state index contributed by atoms with van der Waals surface area (Å²) < 4.78 is 38.4. The topological polar surface area (TPSA) is 93.7 Å². The van der Waals surface area contributed by atoms with Crippen LogP contribution in [-0.4, -0.2) is 27.5 Å². The molecular formula is C25H28N2O5S. The van der Waals surface area contributed by atoms with Crippen LogP contribution in [0.15, 0.2) is 83.8 Å². The summed E-state index contributed by atoms with van der Waals surface area (Å²) in [6, 6.07) is 23.4. The van der Waals surface area contributed by atoms with Gasteiger partial charge in [0.25, 0.3) is 0 Å². The van der Waals surface area contributed by atoms with Gasteiger partial charge < -0.3 is 14.8 Å². The highest BCUT2D eigenvalue weighted by molar-refractivity contribution is 7.89. The fourth-order valence-electron chi connectivity index (χ4n) is 3.09. The fraction of sp³-hybridized carbons (Fsp3) is 0.240. The molecule has 0 unspecified atom stereocenters. The van der Waals surface area contributed by atoms with E-state index in [0.717, 1.165) is 16.9 Å². The Morgan fingerprint density at radius 2 is 1.45 bits per heavy atom. The van der Waals surface area contributed by atoms with Gasteiger partial charge in [0.2, 0.25) is 15.9 Å². The van der Waals surface area contributed by atoms with Crippen molar-refractivity contribution >= 4 is 15.9 Å². The number of carbonyl (C=O) groups is 1. The van der Waals surface area contributed by atoms with Crippen LogP contribution in [0, 0.1) is 0 Å². The predicted molar refractivity (Wildman–Crippen MR) is 126 cm³/mol. The number of rotatable bonds is 12. The van der Waals surface area contributed by atoms with Crippen LogP contribution in [0.5, 0.6) is 11.5 Å². The first-order valence-electron chi connectivity index (χ1n) is 10.7. The van der Waals surface area contributed by atoms with E-state index in [4.69, 9.17) is 9.47 Å². The molecule has 8 heteroatoms. The molecule has 0 saturated carbocycles. The molecule has 3 aromatic rings. The van der Waals surface area contributed by atoms with Crippen LogP contribution in [0.1, 0.15) is 24.5 Å². The van der Waals surface area contributed by atoms with E-state index in [1.54, 1.807) is 12.1 Å². The Morgan fingerprint density at radius 3 is 2.15 bits per heavy atom. The van der Waals surface area contributed by atoms with E-state index in [1.165, 1.54) is 12.1 Å². The Balaban J connectivity index is 1.46. The second-order valence-corrected chi connectivity index (χ2v) is 8.97. The van der Waals surface area contributed by atoms with Crippen molar-refractivity contribution in [2.75, 3.05) is 13.2 Å². The van der Waals surface area contributed by atoms with Crippen LogP contribution < -0.4 is 19.5 Å². The second kappa shape index (κ2) is 12.0. The van der Waals surface area contributed by atoms with Crippen molar-refractivity contribution in [1.29, 1.82) is 0 Å². The molecule has 0 saturated heterocycles. The molecule has 0 aromatic heterocycles. The summed E-state index contributed by atoms with van der Waals surface area (Å²) in [5, 5.41) is 2.84. The maximum atomic E-state index is 12.4. The van der Waals surface area contributed by atoms with Gasteiger partial charge in [-0.1, -0.05) is 42.5 Å². The zero-order valence-corrected chi connectivity index (χ0v) is 19.3. The van der Waals surface area contributed by atoms with E-state index < -0.39 is 10.0 Å². The van der Waals surface area contributed by atoms with Gasteiger partial charge in [-0.3, -0.25) is 4.79 Å². The Hall–Kier alpha value is -3.36. The quantitative estimate of drug-likeness (QED) is 0.423.